The maximum Gasteiger partial charge on any atom is 0.330 e. The van der Waals surface area contributed by atoms with Crippen molar-refractivity contribution in [2.45, 2.75) is 75.9 Å². The van der Waals surface area contributed by atoms with Gasteiger partial charge in [0.05, 0.1) is 7.11 Å². The van der Waals surface area contributed by atoms with Gasteiger partial charge in [-0.15, -0.1) is 0 Å². The van der Waals surface area contributed by atoms with Crippen molar-refractivity contribution in [3.8, 4) is 47.4 Å². The van der Waals surface area contributed by atoms with Crippen LogP contribution in [-0.4, -0.2) is 111 Å². The van der Waals surface area contributed by atoms with E-state index in [9.17, 15) is 29.4 Å². The van der Waals surface area contributed by atoms with E-state index in [4.69, 9.17) is 26.8 Å². The van der Waals surface area contributed by atoms with Crippen LogP contribution in [0, 0.1) is 47.4 Å². The van der Waals surface area contributed by atoms with E-state index in [1.165, 1.54) is 19.2 Å². The van der Waals surface area contributed by atoms with E-state index in [1.54, 1.807) is 64.1 Å². The van der Waals surface area contributed by atoms with Crippen molar-refractivity contribution in [1.29, 1.82) is 0 Å². The van der Waals surface area contributed by atoms with Crippen LogP contribution in [0.1, 0.15) is 72.4 Å². The number of methoxy groups -OCH3 is 1. The molecule has 14 nitrogen and oxygen atoms in total. The number of nitrogens with two attached hydrogens (primary N) is 2. The molecule has 2 rings (SSSR count). The van der Waals surface area contributed by atoms with E-state index < -0.39 is 65.5 Å². The molecule has 0 fully saturated rings. The molecule has 0 saturated heterocycles. The van der Waals surface area contributed by atoms with Gasteiger partial charge in [-0.3, -0.25) is 14.4 Å². The van der Waals surface area contributed by atoms with Crippen LogP contribution in [0.25, 0.3) is 0 Å². The molecule has 0 radical (unpaired) electrons. The van der Waals surface area contributed by atoms with Gasteiger partial charge in [0.2, 0.25) is 0 Å². The number of ketones is 1. The summed E-state index contributed by atoms with van der Waals surface area (Å²) in [5, 5.41) is 50.1. The van der Waals surface area contributed by atoms with Crippen LogP contribution in [0.15, 0.2) is 48.5 Å². The summed E-state index contributed by atoms with van der Waals surface area (Å²) in [5.41, 5.74) is 11.7. The van der Waals surface area contributed by atoms with Crippen LogP contribution in [-0.2, 0) is 14.3 Å². The van der Waals surface area contributed by atoms with Gasteiger partial charge in [-0.1, -0.05) is 23.7 Å². The fourth-order valence-corrected chi connectivity index (χ4v) is 4.11. The molecule has 0 aliphatic carbocycles. The number of carbonyl (C=O) groups excluding carboxylic acids is 4. The molecule has 4 atom stereocenters. The van der Waals surface area contributed by atoms with Gasteiger partial charge in [0.15, 0.2) is 5.78 Å². The normalized spacial score (nSPS) is 12.6. The molecule has 0 heterocycles. The molecule has 0 aliphatic rings. The summed E-state index contributed by atoms with van der Waals surface area (Å²) in [6.45, 7) is 5.39. The van der Waals surface area contributed by atoms with Crippen LogP contribution >= 0.6 is 0 Å². The van der Waals surface area contributed by atoms with Gasteiger partial charge in [0.1, 0.15) is 30.9 Å². The number of rotatable bonds is 13. The van der Waals surface area contributed by atoms with Crippen molar-refractivity contribution < 1.29 is 49.4 Å². The number of benzene rings is 2. The lowest BCUT2D eigenvalue weighted by atomic mass is 9.92. The molecule has 0 aromatic heterocycles. The highest BCUT2D eigenvalue weighted by Crippen LogP contribution is 2.11. The quantitative estimate of drug-likeness (QED) is 0.0883. The minimum absolute atomic E-state index is 0.148. The van der Waals surface area contributed by atoms with Crippen LogP contribution in [0.2, 0.25) is 0 Å². The van der Waals surface area contributed by atoms with E-state index in [1.807, 2.05) is 0 Å². The summed E-state index contributed by atoms with van der Waals surface area (Å²) in [7, 11) is 1.23. The zero-order valence-corrected chi connectivity index (χ0v) is 30.9. The molecular formula is C40H48N4O10. The third kappa shape index (κ3) is 17.3. The molecule has 0 spiro atoms. The second-order valence-corrected chi connectivity index (χ2v) is 12.9. The molecule has 2 aromatic carbocycles. The standard InChI is InChI=1S/2C20H24N2O5/c1-20(2,21)17(19(26)27-3)22-18(25)15-10-8-14(9-11-15)6-4-5-7-16(24)12-13-23;1-20(2,21)18(17(26)13-24)22-19(27)15-9-7-14(8-10-15)5-3-4-6-16(25)11-12-23/h8-11,16-17,23-24H,12-13,21H2,1-3H3,(H,22,25);7-10,16,18,23-25H,11-13,21H2,1-2H3,(H,22,27)/t16?,17-;16?,18-/m11/s1. The third-order valence-corrected chi connectivity index (χ3v) is 7.07. The predicted molar refractivity (Wildman–Crippen MR) is 201 cm³/mol. The first-order valence-electron chi connectivity index (χ1n) is 16.6. The molecule has 288 valence electrons. The molecule has 14 heteroatoms. The lowest BCUT2D eigenvalue weighted by Crippen LogP contribution is -2.59. The number of hydrogen-bond acceptors (Lipinski definition) is 12. The minimum atomic E-state index is -1.03. The van der Waals surface area contributed by atoms with Gasteiger partial charge < -0.3 is 52.4 Å². The summed E-state index contributed by atoms with van der Waals surface area (Å²) in [4.78, 5) is 48.3. The number of ether oxygens (including phenoxy) is 1. The summed E-state index contributed by atoms with van der Waals surface area (Å²) in [6, 6.07) is 10.7. The average molecular weight is 745 g/mol. The van der Waals surface area contributed by atoms with Gasteiger partial charge in [-0.2, -0.15) is 0 Å². The van der Waals surface area contributed by atoms with Crippen molar-refractivity contribution in [1.82, 2.24) is 10.6 Å². The van der Waals surface area contributed by atoms with Gasteiger partial charge >= 0.3 is 5.97 Å². The average Bonchev–Trinajstić information content (AvgIpc) is 3.12. The Bertz CT molecular complexity index is 1680. The zero-order chi connectivity index (χ0) is 40.9. The van der Waals surface area contributed by atoms with Crippen molar-refractivity contribution in [3.05, 3.63) is 70.8 Å². The highest BCUT2D eigenvalue weighted by atomic mass is 16.5. The summed E-state index contributed by atoms with van der Waals surface area (Å²) < 4.78 is 4.69. The number of hydrogen-bond donors (Lipinski definition) is 9. The number of carbonyl (C=O) groups is 4. The third-order valence-electron chi connectivity index (χ3n) is 7.07. The smallest absolute Gasteiger partial charge is 0.330 e. The summed E-state index contributed by atoms with van der Waals surface area (Å²) in [6.07, 6.45) is -1.50. The minimum Gasteiger partial charge on any atom is -0.467 e. The predicted octanol–water partition coefficient (Wildman–Crippen LogP) is -1.02. The Labute approximate surface area is 315 Å². The molecule has 0 bridgehead atoms. The first-order chi connectivity index (χ1) is 25.4. The van der Waals surface area contributed by atoms with Crippen molar-refractivity contribution in [2.75, 3.05) is 26.9 Å². The molecule has 2 amide bonds. The Kier molecular flexibility index (Phi) is 20.0. The summed E-state index contributed by atoms with van der Waals surface area (Å²) in [5.74, 6) is 18.5. The van der Waals surface area contributed by atoms with Crippen molar-refractivity contribution >= 4 is 23.6 Å². The molecule has 0 saturated carbocycles. The van der Waals surface area contributed by atoms with Crippen LogP contribution in [0.5, 0.6) is 0 Å². The van der Waals surface area contributed by atoms with Gasteiger partial charge in [-0.25, -0.2) is 4.79 Å². The second-order valence-electron chi connectivity index (χ2n) is 12.9. The molecule has 2 aromatic rings. The monoisotopic (exact) mass is 744 g/mol. The maximum absolute atomic E-state index is 12.3. The van der Waals surface area contributed by atoms with E-state index in [2.05, 4.69) is 62.7 Å². The highest BCUT2D eigenvalue weighted by Gasteiger charge is 2.35. The van der Waals surface area contributed by atoms with E-state index >= 15 is 0 Å². The lowest BCUT2D eigenvalue weighted by molar-refractivity contribution is -0.144. The van der Waals surface area contributed by atoms with E-state index in [-0.39, 0.29) is 26.1 Å². The van der Waals surface area contributed by atoms with Crippen LogP contribution in [0.3, 0.4) is 0 Å². The number of Topliss-reactive ketones (excluding diaryl/α,β-unsaturated/α-hetero) is 1. The lowest BCUT2D eigenvalue weighted by Gasteiger charge is -2.29. The second kappa shape index (κ2) is 23.2. The number of nitrogens with one attached hydrogen (secondary N) is 2. The zero-order valence-electron chi connectivity index (χ0n) is 30.9. The number of aliphatic hydroxyl groups is 5. The molecule has 54 heavy (non-hydrogen) atoms. The Hall–Kier alpha value is -5.52. The maximum atomic E-state index is 12.3. The van der Waals surface area contributed by atoms with Crippen molar-refractivity contribution in [2.24, 2.45) is 11.5 Å². The van der Waals surface area contributed by atoms with Gasteiger partial charge in [-0.05, 0) is 99.9 Å². The molecule has 11 N–H and O–H groups in total. The Morgan fingerprint density at radius 2 is 1.04 bits per heavy atom. The SMILES string of the molecule is CC(C)(N)[C@H](NC(=O)c1ccc(C#CC#CC(O)CCO)cc1)C(=O)CO.COC(=O)[C@@H](NC(=O)c1ccc(C#CC#CC(O)CCO)cc1)C(C)(C)N. The number of esters is 1. The molecule has 2 unspecified atom stereocenters. The Morgan fingerprint density at radius 1 is 0.667 bits per heavy atom. The topological polar surface area (TPSA) is 255 Å². The Balaban J connectivity index is 0.000000540. The van der Waals surface area contributed by atoms with Crippen LogP contribution < -0.4 is 22.1 Å². The number of amides is 2. The Morgan fingerprint density at radius 3 is 1.35 bits per heavy atom. The van der Waals surface area contributed by atoms with E-state index in [0.717, 1.165) is 0 Å². The molecular weight excluding hydrogens is 696 g/mol. The van der Waals surface area contributed by atoms with Crippen LogP contribution in [0.4, 0.5) is 0 Å². The largest absolute Gasteiger partial charge is 0.467 e. The molecule has 0 aliphatic heterocycles. The number of aliphatic hydroxyl groups excluding tert-OH is 5. The van der Waals surface area contributed by atoms with Crippen molar-refractivity contribution in [3.63, 3.8) is 0 Å². The highest BCUT2D eigenvalue weighted by molar-refractivity contribution is 5.99. The van der Waals surface area contributed by atoms with Gasteiger partial charge in [0.25, 0.3) is 11.8 Å². The first kappa shape index (κ1) is 46.5. The first-order valence-corrected chi connectivity index (χ1v) is 16.6. The fraction of sp³-hybridized carbons (Fsp3) is 0.400. The summed E-state index contributed by atoms with van der Waals surface area (Å²) >= 11 is 0. The van der Waals surface area contributed by atoms with Gasteiger partial charge in [0, 0.05) is 59.4 Å². The van der Waals surface area contributed by atoms with E-state index in [0.29, 0.717) is 22.3 Å². The fourth-order valence-electron chi connectivity index (χ4n) is 4.11.